The molecule has 34 heavy (non-hydrogen) atoms. The van der Waals surface area contributed by atoms with Gasteiger partial charge < -0.3 is 19.5 Å². The van der Waals surface area contributed by atoms with Crippen LogP contribution in [0.4, 0.5) is 10.1 Å². The minimum Gasteiger partial charge on any atom is -0.490 e. The number of hydrogen-bond acceptors (Lipinski definition) is 5. The lowest BCUT2D eigenvalue weighted by Gasteiger charge is -2.31. The summed E-state index contributed by atoms with van der Waals surface area (Å²) in [6.45, 7) is 6.78. The predicted octanol–water partition coefficient (Wildman–Crippen LogP) is 5.55. The second-order valence-electron chi connectivity index (χ2n) is 9.12. The van der Waals surface area contributed by atoms with Gasteiger partial charge in [0.05, 0.1) is 23.4 Å². The molecule has 1 aliphatic rings. The lowest BCUT2D eigenvalue weighted by Crippen LogP contribution is -2.32. The SMILES string of the molecule is CC(C)(C)OC(=O)c1ccccc1-c1ccc(CN2CCOc3cc(C(=O)O)ccc32)cc1F. The first kappa shape index (κ1) is 23.3. The van der Waals surface area contributed by atoms with Crippen LogP contribution in [0.5, 0.6) is 5.75 Å². The lowest BCUT2D eigenvalue weighted by atomic mass is 9.97. The number of hydrogen-bond donors (Lipinski definition) is 1. The van der Waals surface area contributed by atoms with E-state index in [-0.39, 0.29) is 5.56 Å². The predicted molar refractivity (Wildman–Crippen MR) is 127 cm³/mol. The van der Waals surface area contributed by atoms with Crippen LogP contribution in [0.1, 0.15) is 47.1 Å². The topological polar surface area (TPSA) is 76.1 Å². The molecule has 6 nitrogen and oxygen atoms in total. The number of anilines is 1. The number of carboxylic acid groups (broad SMARTS) is 1. The third kappa shape index (κ3) is 5.03. The number of ether oxygens (including phenoxy) is 2. The molecule has 0 bridgehead atoms. The van der Waals surface area contributed by atoms with Gasteiger partial charge in [-0.15, -0.1) is 0 Å². The van der Waals surface area contributed by atoms with E-state index in [9.17, 15) is 14.7 Å². The quantitative estimate of drug-likeness (QED) is 0.501. The fourth-order valence-corrected chi connectivity index (χ4v) is 3.90. The summed E-state index contributed by atoms with van der Waals surface area (Å²) < 4.78 is 26.4. The highest BCUT2D eigenvalue weighted by atomic mass is 19.1. The van der Waals surface area contributed by atoms with Gasteiger partial charge in [0.1, 0.15) is 23.8 Å². The van der Waals surface area contributed by atoms with Gasteiger partial charge in [-0.1, -0.05) is 30.3 Å². The Labute approximate surface area is 197 Å². The fourth-order valence-electron chi connectivity index (χ4n) is 3.90. The van der Waals surface area contributed by atoms with Crippen molar-refractivity contribution < 1.29 is 28.6 Å². The molecule has 1 heterocycles. The minimum absolute atomic E-state index is 0.152. The Bertz CT molecular complexity index is 1250. The van der Waals surface area contributed by atoms with Gasteiger partial charge in [-0.3, -0.25) is 0 Å². The zero-order chi connectivity index (χ0) is 24.5. The number of fused-ring (bicyclic) bond motifs is 1. The minimum atomic E-state index is -1.02. The summed E-state index contributed by atoms with van der Waals surface area (Å²) >= 11 is 0. The van der Waals surface area contributed by atoms with Crippen molar-refractivity contribution in [2.45, 2.75) is 32.9 Å². The molecular weight excluding hydrogens is 437 g/mol. The molecule has 0 spiro atoms. The van der Waals surface area contributed by atoms with Gasteiger partial charge in [0, 0.05) is 12.1 Å². The van der Waals surface area contributed by atoms with Gasteiger partial charge in [-0.05, 0) is 62.2 Å². The molecule has 4 rings (SSSR count). The maximum absolute atomic E-state index is 15.2. The highest BCUT2D eigenvalue weighted by molar-refractivity contribution is 5.97. The van der Waals surface area contributed by atoms with E-state index in [1.807, 2.05) is 11.0 Å². The molecule has 0 saturated carbocycles. The van der Waals surface area contributed by atoms with E-state index in [4.69, 9.17) is 9.47 Å². The van der Waals surface area contributed by atoms with Crippen LogP contribution >= 0.6 is 0 Å². The number of carboxylic acids is 1. The van der Waals surface area contributed by atoms with Crippen molar-refractivity contribution in [1.29, 1.82) is 0 Å². The first-order valence-corrected chi connectivity index (χ1v) is 11.0. The molecular formula is C27H26FNO5. The second kappa shape index (κ2) is 9.17. The molecule has 0 saturated heterocycles. The number of carbonyl (C=O) groups is 2. The van der Waals surface area contributed by atoms with Crippen molar-refractivity contribution in [3.05, 3.63) is 83.2 Å². The summed E-state index contributed by atoms with van der Waals surface area (Å²) in [6.07, 6.45) is 0. The summed E-state index contributed by atoms with van der Waals surface area (Å²) in [4.78, 5) is 25.9. The van der Waals surface area contributed by atoms with Crippen LogP contribution in [-0.4, -0.2) is 35.8 Å². The molecule has 1 N–H and O–H groups in total. The van der Waals surface area contributed by atoms with E-state index in [2.05, 4.69) is 0 Å². The average Bonchev–Trinajstić information content (AvgIpc) is 2.78. The van der Waals surface area contributed by atoms with E-state index in [1.165, 1.54) is 18.2 Å². The number of esters is 1. The lowest BCUT2D eigenvalue weighted by molar-refractivity contribution is 0.00702. The van der Waals surface area contributed by atoms with Gasteiger partial charge in [-0.25, -0.2) is 14.0 Å². The maximum Gasteiger partial charge on any atom is 0.339 e. The van der Waals surface area contributed by atoms with Crippen LogP contribution in [0.25, 0.3) is 11.1 Å². The highest BCUT2D eigenvalue weighted by Crippen LogP contribution is 2.34. The largest absolute Gasteiger partial charge is 0.490 e. The molecule has 0 atom stereocenters. The van der Waals surface area contributed by atoms with Gasteiger partial charge in [0.15, 0.2) is 0 Å². The number of carbonyl (C=O) groups excluding carboxylic acids is 1. The van der Waals surface area contributed by atoms with E-state index < -0.39 is 23.4 Å². The summed E-state index contributed by atoms with van der Waals surface area (Å²) in [6, 6.07) is 16.5. The van der Waals surface area contributed by atoms with Crippen LogP contribution in [0.2, 0.25) is 0 Å². The summed E-state index contributed by atoms with van der Waals surface area (Å²) in [5.41, 5.74) is 2.09. The fraction of sp³-hybridized carbons (Fsp3) is 0.259. The Balaban J connectivity index is 1.60. The Morgan fingerprint density at radius 1 is 1.06 bits per heavy atom. The van der Waals surface area contributed by atoms with Crippen LogP contribution < -0.4 is 9.64 Å². The first-order chi connectivity index (χ1) is 16.1. The first-order valence-electron chi connectivity index (χ1n) is 11.0. The Kier molecular flexibility index (Phi) is 6.28. The highest BCUT2D eigenvalue weighted by Gasteiger charge is 2.23. The van der Waals surface area contributed by atoms with Gasteiger partial charge >= 0.3 is 11.9 Å². The molecule has 0 radical (unpaired) electrons. The maximum atomic E-state index is 15.2. The molecule has 3 aromatic rings. The molecule has 0 aliphatic carbocycles. The number of halogens is 1. The Morgan fingerprint density at radius 2 is 1.82 bits per heavy atom. The van der Waals surface area contributed by atoms with Crippen LogP contribution in [0.3, 0.4) is 0 Å². The van der Waals surface area contributed by atoms with Gasteiger partial charge in [0.2, 0.25) is 0 Å². The van der Waals surface area contributed by atoms with E-state index in [0.29, 0.717) is 42.1 Å². The van der Waals surface area contributed by atoms with Crippen LogP contribution in [0.15, 0.2) is 60.7 Å². The summed E-state index contributed by atoms with van der Waals surface area (Å²) in [5, 5.41) is 9.21. The van der Waals surface area contributed by atoms with Crippen molar-refractivity contribution >= 4 is 17.6 Å². The molecule has 7 heteroatoms. The van der Waals surface area contributed by atoms with Crippen molar-refractivity contribution in [1.82, 2.24) is 0 Å². The number of aromatic carboxylic acids is 1. The zero-order valence-electron chi connectivity index (χ0n) is 19.3. The molecule has 1 aliphatic heterocycles. The molecule has 0 amide bonds. The molecule has 0 fully saturated rings. The smallest absolute Gasteiger partial charge is 0.339 e. The summed E-state index contributed by atoms with van der Waals surface area (Å²) in [7, 11) is 0. The van der Waals surface area contributed by atoms with Crippen molar-refractivity contribution in [3.63, 3.8) is 0 Å². The normalized spacial score (nSPS) is 13.1. The van der Waals surface area contributed by atoms with Gasteiger partial charge in [-0.2, -0.15) is 0 Å². The number of benzene rings is 3. The number of nitrogens with zero attached hydrogens (tertiary/aromatic N) is 1. The van der Waals surface area contributed by atoms with Crippen LogP contribution in [0, 0.1) is 5.82 Å². The Morgan fingerprint density at radius 3 is 2.53 bits per heavy atom. The Hall–Kier alpha value is -3.87. The summed E-state index contributed by atoms with van der Waals surface area (Å²) in [5.74, 6) is -1.47. The van der Waals surface area contributed by atoms with Crippen molar-refractivity contribution in [2.75, 3.05) is 18.1 Å². The van der Waals surface area contributed by atoms with E-state index in [1.54, 1.807) is 57.2 Å². The second-order valence-corrected chi connectivity index (χ2v) is 9.12. The third-order valence-electron chi connectivity index (χ3n) is 5.41. The van der Waals surface area contributed by atoms with Gasteiger partial charge in [0.25, 0.3) is 0 Å². The molecule has 0 aromatic heterocycles. The van der Waals surface area contributed by atoms with Crippen LogP contribution in [-0.2, 0) is 11.3 Å². The standard InChI is InChI=1S/C27H26FNO5/c1-27(2,3)34-26(32)21-7-5-4-6-19(21)20-10-8-17(14-22(20)28)16-29-12-13-33-24-15-18(25(30)31)9-11-23(24)29/h4-11,14-15H,12-13,16H2,1-3H3,(H,30,31). The molecule has 3 aromatic carbocycles. The van der Waals surface area contributed by atoms with Crippen molar-refractivity contribution in [2.24, 2.45) is 0 Å². The molecule has 176 valence electrons. The monoisotopic (exact) mass is 463 g/mol. The molecule has 0 unspecified atom stereocenters. The van der Waals surface area contributed by atoms with Crippen molar-refractivity contribution in [3.8, 4) is 16.9 Å². The number of rotatable bonds is 5. The van der Waals surface area contributed by atoms with E-state index in [0.717, 1.165) is 11.3 Å². The third-order valence-corrected chi connectivity index (χ3v) is 5.41. The average molecular weight is 464 g/mol. The zero-order valence-corrected chi connectivity index (χ0v) is 19.3. The van der Waals surface area contributed by atoms with E-state index >= 15 is 4.39 Å².